The summed E-state index contributed by atoms with van der Waals surface area (Å²) in [6, 6.07) is 7.38. The van der Waals surface area contributed by atoms with E-state index in [-0.39, 0.29) is 6.61 Å². The SMILES string of the molecule is COC(O)C(C)(C)C=Cc1ccc2c(Cl)cc(CO)nc2c1. The predicted molar refractivity (Wildman–Crippen MR) is 88.5 cm³/mol. The molecule has 1 heterocycles. The smallest absolute Gasteiger partial charge is 0.162 e. The largest absolute Gasteiger partial charge is 0.390 e. The number of hydrogen-bond donors (Lipinski definition) is 2. The van der Waals surface area contributed by atoms with Crippen LogP contribution in [0.4, 0.5) is 0 Å². The molecule has 1 atom stereocenters. The van der Waals surface area contributed by atoms with Gasteiger partial charge in [-0.3, -0.25) is 4.98 Å². The molecule has 22 heavy (non-hydrogen) atoms. The number of aromatic nitrogens is 1. The molecule has 0 fully saturated rings. The summed E-state index contributed by atoms with van der Waals surface area (Å²) in [6.07, 6.45) is 2.92. The van der Waals surface area contributed by atoms with Crippen molar-refractivity contribution in [2.75, 3.05) is 7.11 Å². The summed E-state index contributed by atoms with van der Waals surface area (Å²) in [5, 5.41) is 20.4. The molecule has 5 heteroatoms. The lowest BCUT2D eigenvalue weighted by molar-refractivity contribution is -0.128. The molecular formula is C17H20ClNO3. The molecule has 2 N–H and O–H groups in total. The Morgan fingerprint density at radius 2 is 2.09 bits per heavy atom. The number of benzene rings is 1. The summed E-state index contributed by atoms with van der Waals surface area (Å²) >= 11 is 6.18. The summed E-state index contributed by atoms with van der Waals surface area (Å²) in [7, 11) is 1.47. The first-order chi connectivity index (χ1) is 10.4. The minimum atomic E-state index is -0.877. The highest BCUT2D eigenvalue weighted by atomic mass is 35.5. The fraction of sp³-hybridized carbons (Fsp3) is 0.353. The van der Waals surface area contributed by atoms with E-state index in [9.17, 15) is 10.2 Å². The molecule has 0 spiro atoms. The van der Waals surface area contributed by atoms with Gasteiger partial charge in [0.15, 0.2) is 6.29 Å². The molecule has 0 aliphatic rings. The highest BCUT2D eigenvalue weighted by Crippen LogP contribution is 2.27. The molecule has 0 saturated heterocycles. The lowest BCUT2D eigenvalue weighted by atomic mass is 9.91. The molecule has 0 aliphatic carbocycles. The molecular weight excluding hydrogens is 302 g/mol. The second-order valence-electron chi connectivity index (χ2n) is 5.77. The number of methoxy groups -OCH3 is 1. The number of halogens is 1. The molecule has 0 aliphatic heterocycles. The zero-order valence-corrected chi connectivity index (χ0v) is 13.6. The number of pyridine rings is 1. The Morgan fingerprint density at radius 1 is 1.36 bits per heavy atom. The Balaban J connectivity index is 2.37. The van der Waals surface area contributed by atoms with Crippen molar-refractivity contribution in [2.24, 2.45) is 5.41 Å². The Bertz CT molecular complexity index is 698. The highest BCUT2D eigenvalue weighted by Gasteiger charge is 2.24. The van der Waals surface area contributed by atoms with Gasteiger partial charge in [0.05, 0.1) is 22.8 Å². The average molecular weight is 322 g/mol. The van der Waals surface area contributed by atoms with Crippen LogP contribution in [0.5, 0.6) is 0 Å². The topological polar surface area (TPSA) is 62.6 Å². The van der Waals surface area contributed by atoms with E-state index in [2.05, 4.69) is 4.98 Å². The van der Waals surface area contributed by atoms with Gasteiger partial charge in [0, 0.05) is 17.9 Å². The minimum Gasteiger partial charge on any atom is -0.390 e. The van der Waals surface area contributed by atoms with Gasteiger partial charge in [-0.05, 0) is 17.7 Å². The first kappa shape index (κ1) is 16.9. The molecule has 1 aromatic heterocycles. The van der Waals surface area contributed by atoms with Crippen LogP contribution < -0.4 is 0 Å². The van der Waals surface area contributed by atoms with Gasteiger partial charge >= 0.3 is 0 Å². The number of fused-ring (bicyclic) bond motifs is 1. The predicted octanol–water partition coefficient (Wildman–Crippen LogP) is 3.38. The van der Waals surface area contributed by atoms with Gasteiger partial charge in [0.2, 0.25) is 0 Å². The van der Waals surface area contributed by atoms with Crippen molar-refractivity contribution >= 4 is 28.6 Å². The summed E-state index contributed by atoms with van der Waals surface area (Å²) in [5.41, 5.74) is 1.68. The maximum atomic E-state index is 9.81. The van der Waals surface area contributed by atoms with Gasteiger partial charge in [0.1, 0.15) is 0 Å². The Kier molecular flexibility index (Phi) is 5.19. The molecule has 0 radical (unpaired) electrons. The number of nitrogens with zero attached hydrogens (tertiary/aromatic N) is 1. The third kappa shape index (κ3) is 3.65. The monoisotopic (exact) mass is 321 g/mol. The molecule has 2 rings (SSSR count). The van der Waals surface area contributed by atoms with Crippen LogP contribution in [-0.2, 0) is 11.3 Å². The van der Waals surface area contributed by atoms with Crippen LogP contribution in [0.1, 0.15) is 25.1 Å². The molecule has 118 valence electrons. The fourth-order valence-corrected chi connectivity index (χ4v) is 2.42. The summed E-state index contributed by atoms with van der Waals surface area (Å²) in [5.74, 6) is 0. The van der Waals surface area contributed by atoms with Gasteiger partial charge in [-0.2, -0.15) is 0 Å². The average Bonchev–Trinajstić information content (AvgIpc) is 2.51. The van der Waals surface area contributed by atoms with E-state index in [1.165, 1.54) is 7.11 Å². The van der Waals surface area contributed by atoms with Crippen molar-refractivity contribution in [3.63, 3.8) is 0 Å². The summed E-state index contributed by atoms with van der Waals surface area (Å²) in [4.78, 5) is 4.37. The van der Waals surface area contributed by atoms with Gasteiger partial charge in [-0.25, -0.2) is 0 Å². The number of ether oxygens (including phenoxy) is 1. The molecule has 1 aromatic carbocycles. The Morgan fingerprint density at radius 3 is 2.73 bits per heavy atom. The van der Waals surface area contributed by atoms with Crippen LogP contribution in [0.3, 0.4) is 0 Å². The minimum absolute atomic E-state index is 0.150. The number of hydrogen-bond acceptors (Lipinski definition) is 4. The Hall–Kier alpha value is -1.46. The summed E-state index contributed by atoms with van der Waals surface area (Å²) in [6.45, 7) is 3.62. The standard InChI is InChI=1S/C17H20ClNO3/c1-17(2,16(21)22-3)7-6-11-4-5-13-14(18)9-12(10-20)19-15(13)8-11/h4-9,16,20-21H,10H2,1-3H3. The van der Waals surface area contributed by atoms with E-state index in [1.54, 1.807) is 6.07 Å². The van der Waals surface area contributed by atoms with Crippen molar-refractivity contribution in [1.29, 1.82) is 0 Å². The second kappa shape index (κ2) is 6.75. The van der Waals surface area contributed by atoms with E-state index in [0.717, 1.165) is 16.5 Å². The molecule has 0 bridgehead atoms. The van der Waals surface area contributed by atoms with Crippen molar-refractivity contribution in [2.45, 2.75) is 26.7 Å². The zero-order valence-electron chi connectivity index (χ0n) is 12.9. The lowest BCUT2D eigenvalue weighted by Gasteiger charge is -2.25. The second-order valence-corrected chi connectivity index (χ2v) is 6.18. The van der Waals surface area contributed by atoms with Crippen molar-refractivity contribution in [1.82, 2.24) is 4.98 Å². The van der Waals surface area contributed by atoms with E-state index in [1.807, 2.05) is 44.2 Å². The van der Waals surface area contributed by atoms with Crippen LogP contribution in [0.15, 0.2) is 30.3 Å². The maximum absolute atomic E-state index is 9.81. The third-order valence-corrected chi connectivity index (χ3v) is 3.88. The van der Waals surface area contributed by atoms with Gasteiger partial charge in [-0.15, -0.1) is 0 Å². The highest BCUT2D eigenvalue weighted by molar-refractivity contribution is 6.35. The molecule has 4 nitrogen and oxygen atoms in total. The maximum Gasteiger partial charge on any atom is 0.162 e. The Labute approximate surface area is 135 Å². The zero-order chi connectivity index (χ0) is 16.3. The molecule has 1 unspecified atom stereocenters. The molecule has 0 amide bonds. The van der Waals surface area contributed by atoms with Crippen LogP contribution in [0, 0.1) is 5.41 Å². The van der Waals surface area contributed by atoms with Crippen molar-refractivity contribution in [3.8, 4) is 0 Å². The molecule has 0 saturated carbocycles. The van der Waals surface area contributed by atoms with Crippen LogP contribution >= 0.6 is 11.6 Å². The van der Waals surface area contributed by atoms with E-state index in [4.69, 9.17) is 16.3 Å². The first-order valence-electron chi connectivity index (χ1n) is 6.97. The first-order valence-corrected chi connectivity index (χ1v) is 7.35. The lowest BCUT2D eigenvalue weighted by Crippen LogP contribution is -2.28. The van der Waals surface area contributed by atoms with Crippen LogP contribution in [0.25, 0.3) is 17.0 Å². The van der Waals surface area contributed by atoms with E-state index in [0.29, 0.717) is 10.7 Å². The number of aliphatic hydroxyl groups is 2. The number of aliphatic hydroxyl groups excluding tert-OH is 2. The van der Waals surface area contributed by atoms with Crippen molar-refractivity contribution < 1.29 is 14.9 Å². The van der Waals surface area contributed by atoms with E-state index >= 15 is 0 Å². The third-order valence-electron chi connectivity index (χ3n) is 3.56. The fourth-order valence-electron chi connectivity index (χ4n) is 2.14. The normalized spacial score (nSPS) is 13.9. The van der Waals surface area contributed by atoms with Gasteiger partial charge < -0.3 is 14.9 Å². The van der Waals surface area contributed by atoms with Gasteiger partial charge in [0.25, 0.3) is 0 Å². The number of rotatable bonds is 5. The van der Waals surface area contributed by atoms with E-state index < -0.39 is 11.7 Å². The van der Waals surface area contributed by atoms with Crippen molar-refractivity contribution in [3.05, 3.63) is 46.6 Å². The van der Waals surface area contributed by atoms with Crippen LogP contribution in [0.2, 0.25) is 5.02 Å². The van der Waals surface area contributed by atoms with Crippen LogP contribution in [-0.4, -0.2) is 28.6 Å². The quantitative estimate of drug-likeness (QED) is 0.829. The summed E-state index contributed by atoms with van der Waals surface area (Å²) < 4.78 is 4.97. The van der Waals surface area contributed by atoms with Gasteiger partial charge in [-0.1, -0.05) is 49.7 Å². The molecule has 2 aromatic rings.